The number of esters is 1. The van der Waals surface area contributed by atoms with Crippen molar-refractivity contribution in [2.24, 2.45) is 0 Å². The van der Waals surface area contributed by atoms with Gasteiger partial charge in [-0.1, -0.05) is 30.3 Å². The van der Waals surface area contributed by atoms with Gasteiger partial charge in [-0.05, 0) is 38.3 Å². The Morgan fingerprint density at radius 3 is 2.78 bits per heavy atom. The zero-order chi connectivity index (χ0) is 22.5. The average molecular weight is 434 g/mol. The van der Waals surface area contributed by atoms with Crippen molar-refractivity contribution in [2.45, 2.75) is 45.7 Å². The predicted octanol–water partition coefficient (Wildman–Crippen LogP) is 4.44. The van der Waals surface area contributed by atoms with Crippen molar-refractivity contribution in [3.63, 3.8) is 0 Å². The van der Waals surface area contributed by atoms with Crippen LogP contribution in [-0.4, -0.2) is 27.1 Å². The van der Waals surface area contributed by atoms with Gasteiger partial charge in [0.25, 0.3) is 0 Å². The zero-order valence-electron chi connectivity index (χ0n) is 18.2. The maximum absolute atomic E-state index is 12.4. The van der Waals surface area contributed by atoms with Crippen LogP contribution in [0.1, 0.15) is 44.7 Å². The van der Waals surface area contributed by atoms with E-state index in [4.69, 9.17) is 9.15 Å². The summed E-state index contributed by atoms with van der Waals surface area (Å²) in [6, 6.07) is 13.8. The number of hydrogen-bond acceptors (Lipinski definition) is 7. The van der Waals surface area contributed by atoms with Crippen LogP contribution in [0.25, 0.3) is 22.0 Å². The number of benzene rings is 2. The molecule has 0 bridgehead atoms. The Bertz CT molecular complexity index is 1280. The van der Waals surface area contributed by atoms with Gasteiger partial charge in [0.05, 0.1) is 17.6 Å². The second kappa shape index (κ2) is 9.64. The number of carbonyl (C=O) groups excluding carboxylic acids is 1. The Morgan fingerprint density at radius 1 is 1.19 bits per heavy atom. The molecule has 0 aliphatic rings. The Balaban J connectivity index is 1.60. The molecular formula is C24H26N4O4. The van der Waals surface area contributed by atoms with E-state index in [0.29, 0.717) is 54.8 Å². The van der Waals surface area contributed by atoms with E-state index < -0.39 is 5.76 Å². The van der Waals surface area contributed by atoms with E-state index >= 15 is 0 Å². The molecule has 0 saturated carbocycles. The number of rotatable bonds is 9. The molecule has 1 atom stereocenters. The minimum atomic E-state index is -0.424. The minimum Gasteiger partial charge on any atom is -0.466 e. The van der Waals surface area contributed by atoms with Crippen LogP contribution in [0, 0.1) is 0 Å². The molecule has 8 nitrogen and oxygen atoms in total. The second-order valence-corrected chi connectivity index (χ2v) is 7.62. The van der Waals surface area contributed by atoms with Gasteiger partial charge in [-0.3, -0.25) is 9.36 Å². The molecule has 0 fully saturated rings. The highest BCUT2D eigenvalue weighted by atomic mass is 16.5. The Kier molecular flexibility index (Phi) is 6.49. The quantitative estimate of drug-likeness (QED) is 0.307. The number of fused-ring (bicyclic) bond motifs is 2. The molecule has 2 heterocycles. The van der Waals surface area contributed by atoms with Crippen LogP contribution in [0.4, 0.5) is 5.82 Å². The lowest BCUT2D eigenvalue weighted by Gasteiger charge is -2.16. The number of hydrogen-bond donors (Lipinski definition) is 1. The number of unbranched alkanes of at least 4 members (excludes halogenated alkanes) is 1. The maximum Gasteiger partial charge on any atom is 0.419 e. The summed E-state index contributed by atoms with van der Waals surface area (Å²) in [7, 11) is 0. The zero-order valence-corrected chi connectivity index (χ0v) is 18.2. The van der Waals surface area contributed by atoms with Gasteiger partial charge in [0.2, 0.25) is 0 Å². The summed E-state index contributed by atoms with van der Waals surface area (Å²) in [6.45, 7) is 4.68. The molecule has 0 saturated heterocycles. The fourth-order valence-electron chi connectivity index (χ4n) is 3.74. The van der Waals surface area contributed by atoms with Crippen LogP contribution in [0.3, 0.4) is 0 Å². The van der Waals surface area contributed by atoms with Crippen molar-refractivity contribution in [3.8, 4) is 0 Å². The first-order valence-corrected chi connectivity index (χ1v) is 10.8. The molecule has 8 heteroatoms. The number of aromatic nitrogens is 3. The van der Waals surface area contributed by atoms with Crippen molar-refractivity contribution >= 4 is 33.8 Å². The van der Waals surface area contributed by atoms with Crippen LogP contribution >= 0.6 is 0 Å². The van der Waals surface area contributed by atoms with Crippen molar-refractivity contribution in [2.75, 3.05) is 11.9 Å². The van der Waals surface area contributed by atoms with Crippen LogP contribution in [-0.2, 0) is 16.1 Å². The minimum absolute atomic E-state index is 0.0411. The fourth-order valence-corrected chi connectivity index (χ4v) is 3.74. The lowest BCUT2D eigenvalue weighted by Crippen LogP contribution is -2.14. The summed E-state index contributed by atoms with van der Waals surface area (Å²) in [5.41, 5.74) is 3.00. The third kappa shape index (κ3) is 4.64. The van der Waals surface area contributed by atoms with Gasteiger partial charge >= 0.3 is 11.7 Å². The number of carbonyl (C=O) groups is 1. The van der Waals surface area contributed by atoms with Gasteiger partial charge in [-0.2, -0.15) is 0 Å². The standard InChI is InChI=1S/C24H26N4O4/c1-3-31-22(29)11-7-8-12-28-20-13-18-19(14-21(20)32-24(28)30)25-15-26-23(18)27-16(2)17-9-5-4-6-10-17/h4-6,9-10,13-16H,3,7-8,11-12H2,1-2H3,(H,25,26,27)/t16-/m0/s1. The second-order valence-electron chi connectivity index (χ2n) is 7.62. The van der Waals surface area contributed by atoms with Gasteiger partial charge in [-0.25, -0.2) is 14.8 Å². The van der Waals surface area contributed by atoms with Gasteiger partial charge in [0.1, 0.15) is 12.1 Å². The summed E-state index contributed by atoms with van der Waals surface area (Å²) in [4.78, 5) is 32.8. The van der Waals surface area contributed by atoms with E-state index in [1.54, 1.807) is 17.6 Å². The normalized spacial score (nSPS) is 12.2. The first kappa shape index (κ1) is 21.5. The highest BCUT2D eigenvalue weighted by Crippen LogP contribution is 2.28. The van der Waals surface area contributed by atoms with Crippen molar-refractivity contribution in [1.29, 1.82) is 0 Å². The van der Waals surface area contributed by atoms with E-state index in [1.807, 2.05) is 24.3 Å². The lowest BCUT2D eigenvalue weighted by molar-refractivity contribution is -0.143. The summed E-state index contributed by atoms with van der Waals surface area (Å²) in [5.74, 6) is 0.0469. The van der Waals surface area contributed by atoms with Crippen LogP contribution in [0.2, 0.25) is 0 Å². The van der Waals surface area contributed by atoms with Gasteiger partial charge in [-0.15, -0.1) is 0 Å². The summed E-state index contributed by atoms with van der Waals surface area (Å²) in [6.07, 6.45) is 3.13. The number of anilines is 1. The molecule has 0 amide bonds. The number of nitrogens with one attached hydrogen (secondary N) is 1. The Hall–Kier alpha value is -3.68. The number of aryl methyl sites for hydroxylation is 1. The van der Waals surface area contributed by atoms with Crippen molar-refractivity contribution in [1.82, 2.24) is 14.5 Å². The smallest absolute Gasteiger partial charge is 0.419 e. The maximum atomic E-state index is 12.4. The Labute approximate surface area is 185 Å². The summed E-state index contributed by atoms with van der Waals surface area (Å²) >= 11 is 0. The van der Waals surface area contributed by atoms with Crippen LogP contribution in [0.5, 0.6) is 0 Å². The van der Waals surface area contributed by atoms with E-state index in [9.17, 15) is 9.59 Å². The van der Waals surface area contributed by atoms with Gasteiger partial charge < -0.3 is 14.5 Å². The van der Waals surface area contributed by atoms with E-state index in [2.05, 4.69) is 34.3 Å². The molecule has 166 valence electrons. The number of ether oxygens (including phenoxy) is 1. The van der Waals surface area contributed by atoms with Crippen molar-refractivity contribution < 1.29 is 13.9 Å². The molecule has 0 spiro atoms. The molecule has 0 unspecified atom stereocenters. The van der Waals surface area contributed by atoms with E-state index in [1.165, 1.54) is 6.33 Å². The molecule has 2 aromatic carbocycles. The number of oxazole rings is 1. The average Bonchev–Trinajstić information content (AvgIpc) is 3.10. The summed E-state index contributed by atoms with van der Waals surface area (Å²) in [5, 5.41) is 4.26. The van der Waals surface area contributed by atoms with Crippen LogP contribution in [0.15, 0.2) is 58.0 Å². The molecule has 0 radical (unpaired) electrons. The monoisotopic (exact) mass is 434 g/mol. The first-order chi connectivity index (χ1) is 15.6. The highest BCUT2D eigenvalue weighted by molar-refractivity contribution is 5.97. The topological polar surface area (TPSA) is 99.2 Å². The molecule has 2 aromatic heterocycles. The lowest BCUT2D eigenvalue weighted by atomic mass is 10.1. The molecule has 4 rings (SSSR count). The molecule has 0 aliphatic heterocycles. The predicted molar refractivity (Wildman–Crippen MR) is 123 cm³/mol. The van der Waals surface area contributed by atoms with Gasteiger partial charge in [0, 0.05) is 30.5 Å². The first-order valence-electron chi connectivity index (χ1n) is 10.8. The van der Waals surface area contributed by atoms with E-state index in [-0.39, 0.29) is 12.0 Å². The third-order valence-electron chi connectivity index (χ3n) is 5.40. The SMILES string of the molecule is CCOC(=O)CCCCn1c(=O)oc2cc3ncnc(N[C@@H](C)c4ccccc4)c3cc21. The highest BCUT2D eigenvalue weighted by Gasteiger charge is 2.15. The fraction of sp³-hybridized carbons (Fsp3) is 0.333. The Morgan fingerprint density at radius 2 is 2.00 bits per heavy atom. The molecule has 4 aromatic rings. The third-order valence-corrected chi connectivity index (χ3v) is 5.40. The van der Waals surface area contributed by atoms with Crippen LogP contribution < -0.4 is 11.1 Å². The van der Waals surface area contributed by atoms with Crippen molar-refractivity contribution in [3.05, 3.63) is 64.9 Å². The number of nitrogens with zero attached hydrogens (tertiary/aromatic N) is 3. The van der Waals surface area contributed by atoms with E-state index in [0.717, 1.165) is 10.9 Å². The molecule has 1 N–H and O–H groups in total. The summed E-state index contributed by atoms with van der Waals surface area (Å²) < 4.78 is 12.0. The van der Waals surface area contributed by atoms with Gasteiger partial charge in [0.15, 0.2) is 5.58 Å². The molecular weight excluding hydrogens is 408 g/mol. The molecule has 32 heavy (non-hydrogen) atoms. The molecule has 0 aliphatic carbocycles. The largest absolute Gasteiger partial charge is 0.466 e.